The molecule has 0 aliphatic carbocycles. The largest absolute Gasteiger partial charge is 0.465 e. The number of nitrogens with one attached hydrogen (secondary N) is 1. The van der Waals surface area contributed by atoms with Crippen molar-refractivity contribution in [3.63, 3.8) is 0 Å². The van der Waals surface area contributed by atoms with Crippen molar-refractivity contribution >= 4 is 21.9 Å². The minimum Gasteiger partial charge on any atom is -0.465 e. The van der Waals surface area contributed by atoms with Crippen LogP contribution in [0.25, 0.3) is 0 Å². The lowest BCUT2D eigenvalue weighted by Gasteiger charge is -2.25. The topological polar surface area (TPSA) is 38.3 Å². The molecule has 0 amide bonds. The lowest BCUT2D eigenvalue weighted by Crippen LogP contribution is -2.36. The number of ether oxygens (including phenoxy) is 1. The molecule has 86 valence electrons. The third-order valence-electron chi connectivity index (χ3n) is 2.68. The van der Waals surface area contributed by atoms with Crippen LogP contribution in [-0.4, -0.2) is 19.1 Å². The average molecular weight is 284 g/mol. The molecule has 3 nitrogen and oxygen atoms in total. The van der Waals surface area contributed by atoms with Crippen molar-refractivity contribution < 1.29 is 9.53 Å². The summed E-state index contributed by atoms with van der Waals surface area (Å²) in [6, 6.07) is 5.74. The normalized spacial score (nSPS) is 19.0. The smallest absolute Gasteiger partial charge is 0.327 e. The van der Waals surface area contributed by atoms with Crippen molar-refractivity contribution in [3.8, 4) is 0 Å². The van der Waals surface area contributed by atoms with Gasteiger partial charge in [0.15, 0.2) is 0 Å². The molecular formula is C12H14BrNO2. The summed E-state index contributed by atoms with van der Waals surface area (Å²) in [7, 11) is 0. The van der Waals surface area contributed by atoms with E-state index in [1.165, 1.54) is 5.56 Å². The van der Waals surface area contributed by atoms with Gasteiger partial charge in [-0.1, -0.05) is 22.0 Å². The molecule has 0 saturated heterocycles. The van der Waals surface area contributed by atoms with Crippen molar-refractivity contribution in [2.24, 2.45) is 0 Å². The average Bonchev–Trinajstić information content (AvgIpc) is 2.28. The minimum atomic E-state index is -0.318. The van der Waals surface area contributed by atoms with Gasteiger partial charge in [-0.05, 0) is 36.6 Å². The van der Waals surface area contributed by atoms with Crippen molar-refractivity contribution in [2.45, 2.75) is 19.4 Å². The Kier molecular flexibility index (Phi) is 3.61. The quantitative estimate of drug-likeness (QED) is 0.846. The maximum absolute atomic E-state index is 11.8. The molecule has 0 saturated carbocycles. The number of carbonyl (C=O) groups is 1. The molecule has 1 unspecified atom stereocenters. The van der Waals surface area contributed by atoms with Crippen LogP contribution in [0, 0.1) is 0 Å². The van der Waals surface area contributed by atoms with E-state index in [2.05, 4.69) is 27.3 Å². The monoisotopic (exact) mass is 283 g/mol. The molecule has 0 radical (unpaired) electrons. The number of carbonyl (C=O) groups excluding carboxylic acids is 1. The molecule has 1 aliphatic rings. The highest BCUT2D eigenvalue weighted by Gasteiger charge is 2.27. The second-order valence-electron chi connectivity index (χ2n) is 3.73. The highest BCUT2D eigenvalue weighted by molar-refractivity contribution is 9.10. The van der Waals surface area contributed by atoms with Crippen molar-refractivity contribution in [1.29, 1.82) is 0 Å². The van der Waals surface area contributed by atoms with Crippen LogP contribution in [-0.2, 0) is 16.0 Å². The van der Waals surface area contributed by atoms with E-state index >= 15 is 0 Å². The summed E-state index contributed by atoms with van der Waals surface area (Å²) in [5.41, 5.74) is 2.25. The van der Waals surface area contributed by atoms with Gasteiger partial charge < -0.3 is 10.1 Å². The second kappa shape index (κ2) is 4.97. The first-order chi connectivity index (χ1) is 7.72. The molecule has 0 spiro atoms. The van der Waals surface area contributed by atoms with Gasteiger partial charge in [0.25, 0.3) is 0 Å². The van der Waals surface area contributed by atoms with E-state index in [9.17, 15) is 4.79 Å². The highest BCUT2D eigenvalue weighted by atomic mass is 79.9. The first-order valence-electron chi connectivity index (χ1n) is 5.40. The lowest BCUT2D eigenvalue weighted by atomic mass is 9.94. The maximum atomic E-state index is 11.8. The lowest BCUT2D eigenvalue weighted by molar-refractivity contribution is -0.146. The Hall–Kier alpha value is -0.870. The van der Waals surface area contributed by atoms with Gasteiger partial charge in [-0.3, -0.25) is 0 Å². The van der Waals surface area contributed by atoms with Crippen molar-refractivity contribution in [1.82, 2.24) is 5.32 Å². The van der Waals surface area contributed by atoms with Crippen LogP contribution in [0.1, 0.15) is 24.1 Å². The molecule has 2 rings (SSSR count). The summed E-state index contributed by atoms with van der Waals surface area (Å²) in [6.45, 7) is 3.06. The fraction of sp³-hybridized carbons (Fsp3) is 0.417. The van der Waals surface area contributed by atoms with Gasteiger partial charge in [0.1, 0.15) is 6.04 Å². The predicted octanol–water partition coefficient (Wildman–Crippen LogP) is 2.20. The zero-order valence-corrected chi connectivity index (χ0v) is 10.7. The van der Waals surface area contributed by atoms with Gasteiger partial charge in [-0.2, -0.15) is 0 Å². The van der Waals surface area contributed by atoms with Crippen molar-refractivity contribution in [3.05, 3.63) is 33.8 Å². The van der Waals surface area contributed by atoms with E-state index in [1.807, 2.05) is 19.1 Å². The number of esters is 1. The third kappa shape index (κ3) is 2.28. The standard InChI is InChI=1S/C12H14BrNO2/c1-2-16-12(15)11-10-7-9(13)4-3-8(10)5-6-14-11/h3-4,7,11,14H,2,5-6H2,1H3. The van der Waals surface area contributed by atoms with E-state index in [0.717, 1.165) is 23.0 Å². The Morgan fingerprint density at radius 3 is 3.19 bits per heavy atom. The van der Waals surface area contributed by atoms with Gasteiger partial charge in [0.05, 0.1) is 6.61 Å². The fourth-order valence-corrected chi connectivity index (χ4v) is 2.34. The van der Waals surface area contributed by atoms with Crippen LogP contribution in [0.15, 0.2) is 22.7 Å². The molecule has 4 heteroatoms. The molecule has 0 aromatic heterocycles. The molecule has 1 aromatic rings. The summed E-state index contributed by atoms with van der Waals surface area (Å²) in [6.07, 6.45) is 0.957. The number of halogens is 1. The summed E-state index contributed by atoms with van der Waals surface area (Å²) in [5.74, 6) is -0.193. The van der Waals surface area contributed by atoms with Crippen molar-refractivity contribution in [2.75, 3.05) is 13.2 Å². The third-order valence-corrected chi connectivity index (χ3v) is 3.18. The summed E-state index contributed by atoms with van der Waals surface area (Å²) >= 11 is 3.43. The zero-order chi connectivity index (χ0) is 11.5. The van der Waals surface area contributed by atoms with Gasteiger partial charge >= 0.3 is 5.97 Å². The van der Waals surface area contributed by atoms with Gasteiger partial charge in [0.2, 0.25) is 0 Å². The molecule has 1 atom stereocenters. The number of rotatable bonds is 2. The van der Waals surface area contributed by atoms with E-state index in [4.69, 9.17) is 4.74 Å². The Balaban J connectivity index is 2.31. The van der Waals surface area contributed by atoms with E-state index in [-0.39, 0.29) is 12.0 Å². The van der Waals surface area contributed by atoms with Gasteiger partial charge in [-0.25, -0.2) is 4.79 Å². The van der Waals surface area contributed by atoms with E-state index < -0.39 is 0 Å². The van der Waals surface area contributed by atoms with E-state index in [1.54, 1.807) is 0 Å². The molecule has 0 fully saturated rings. The van der Waals surface area contributed by atoms with Gasteiger partial charge in [0, 0.05) is 11.0 Å². The number of hydrogen-bond acceptors (Lipinski definition) is 3. The number of hydrogen-bond donors (Lipinski definition) is 1. The van der Waals surface area contributed by atoms with Gasteiger partial charge in [-0.15, -0.1) is 0 Å². The summed E-state index contributed by atoms with van der Waals surface area (Å²) < 4.78 is 6.05. The SMILES string of the molecule is CCOC(=O)C1NCCc2ccc(Br)cc21. The molecule has 1 heterocycles. The number of fused-ring (bicyclic) bond motifs is 1. The minimum absolute atomic E-state index is 0.193. The van der Waals surface area contributed by atoms with Crippen LogP contribution >= 0.6 is 15.9 Å². The van der Waals surface area contributed by atoms with Crippen LogP contribution in [0.5, 0.6) is 0 Å². The molecule has 1 aliphatic heterocycles. The van der Waals surface area contributed by atoms with E-state index in [0.29, 0.717) is 6.61 Å². The van der Waals surface area contributed by atoms with Crippen LogP contribution in [0.2, 0.25) is 0 Å². The zero-order valence-electron chi connectivity index (χ0n) is 9.13. The Morgan fingerprint density at radius 1 is 1.62 bits per heavy atom. The summed E-state index contributed by atoms with van der Waals surface area (Å²) in [4.78, 5) is 11.8. The molecular weight excluding hydrogens is 270 g/mol. The fourth-order valence-electron chi connectivity index (χ4n) is 1.96. The molecule has 1 aromatic carbocycles. The van der Waals surface area contributed by atoms with Crippen LogP contribution < -0.4 is 5.32 Å². The first kappa shape index (κ1) is 11.6. The summed E-state index contributed by atoms with van der Waals surface area (Å²) in [5, 5.41) is 3.19. The number of benzene rings is 1. The Morgan fingerprint density at radius 2 is 2.44 bits per heavy atom. The first-order valence-corrected chi connectivity index (χ1v) is 6.20. The van der Waals surface area contributed by atoms with Crippen LogP contribution in [0.3, 0.4) is 0 Å². The molecule has 16 heavy (non-hydrogen) atoms. The molecule has 0 bridgehead atoms. The van der Waals surface area contributed by atoms with Crippen LogP contribution in [0.4, 0.5) is 0 Å². The Bertz CT molecular complexity index is 406. The Labute approximate surface area is 103 Å². The second-order valence-corrected chi connectivity index (χ2v) is 4.65. The predicted molar refractivity (Wildman–Crippen MR) is 65.2 cm³/mol. The molecule has 1 N–H and O–H groups in total. The highest BCUT2D eigenvalue weighted by Crippen LogP contribution is 2.27. The maximum Gasteiger partial charge on any atom is 0.327 e.